The molecule has 0 radical (unpaired) electrons. The molecule has 1 aliphatic rings. The van der Waals surface area contributed by atoms with E-state index in [9.17, 15) is 0 Å². The lowest BCUT2D eigenvalue weighted by atomic mass is 9.94. The van der Waals surface area contributed by atoms with Crippen molar-refractivity contribution in [3.63, 3.8) is 0 Å². The number of hydrogen-bond acceptors (Lipinski definition) is 1. The molecule has 2 unspecified atom stereocenters. The van der Waals surface area contributed by atoms with Crippen molar-refractivity contribution >= 4 is 0 Å². The fourth-order valence-electron chi connectivity index (χ4n) is 4.63. The molecule has 1 heteroatoms. The summed E-state index contributed by atoms with van der Waals surface area (Å²) in [7, 11) is 0. The van der Waals surface area contributed by atoms with Gasteiger partial charge in [-0.1, -0.05) is 88.2 Å². The normalized spacial score (nSPS) is 18.6. The lowest BCUT2D eigenvalue weighted by Gasteiger charge is -2.18. The van der Waals surface area contributed by atoms with E-state index in [1.165, 1.54) is 68.3 Å². The molecule has 0 amide bonds. The predicted molar refractivity (Wildman–Crippen MR) is 122 cm³/mol. The Morgan fingerprint density at radius 3 is 2.39 bits per heavy atom. The summed E-state index contributed by atoms with van der Waals surface area (Å²) in [6.45, 7) is 10.8. The molecule has 0 N–H and O–H groups in total. The molecule has 2 aromatic rings. The molecule has 3 rings (SSSR count). The summed E-state index contributed by atoms with van der Waals surface area (Å²) in [4.78, 5) is 2.65. The fraction of sp³-hybridized carbons (Fsp3) is 0.556. The highest BCUT2D eigenvalue weighted by atomic mass is 15.1. The van der Waals surface area contributed by atoms with Crippen molar-refractivity contribution in [1.29, 1.82) is 0 Å². The van der Waals surface area contributed by atoms with Crippen LogP contribution in [0.3, 0.4) is 0 Å². The molecule has 1 fully saturated rings. The third-order valence-corrected chi connectivity index (χ3v) is 6.49. The molecule has 28 heavy (non-hydrogen) atoms. The van der Waals surface area contributed by atoms with Gasteiger partial charge in [0.2, 0.25) is 0 Å². The molecule has 0 bridgehead atoms. The summed E-state index contributed by atoms with van der Waals surface area (Å²) >= 11 is 0. The third-order valence-electron chi connectivity index (χ3n) is 6.49. The zero-order valence-electron chi connectivity index (χ0n) is 18.2. The van der Waals surface area contributed by atoms with E-state index < -0.39 is 0 Å². The molecule has 2 aromatic carbocycles. The number of benzene rings is 2. The van der Waals surface area contributed by atoms with Crippen LogP contribution in [0.2, 0.25) is 0 Å². The number of aryl methyl sites for hydroxylation is 1. The Balaban J connectivity index is 1.40. The molecule has 2 atom stereocenters. The maximum absolute atomic E-state index is 2.65. The monoisotopic (exact) mass is 377 g/mol. The van der Waals surface area contributed by atoms with Gasteiger partial charge in [0.25, 0.3) is 0 Å². The Kier molecular flexibility index (Phi) is 8.15. The smallest absolute Gasteiger partial charge is 0.0233 e. The summed E-state index contributed by atoms with van der Waals surface area (Å²) in [5, 5.41) is 0. The Hall–Kier alpha value is -1.60. The highest BCUT2D eigenvalue weighted by Gasteiger charge is 2.24. The lowest BCUT2D eigenvalue weighted by Crippen LogP contribution is -2.21. The predicted octanol–water partition coefficient (Wildman–Crippen LogP) is 6.76. The minimum Gasteiger partial charge on any atom is -0.299 e. The molecule has 1 saturated heterocycles. The van der Waals surface area contributed by atoms with Crippen LogP contribution in [0.5, 0.6) is 0 Å². The minimum absolute atomic E-state index is 0.767. The van der Waals surface area contributed by atoms with Crippen molar-refractivity contribution < 1.29 is 0 Å². The first-order chi connectivity index (χ1) is 13.6. The van der Waals surface area contributed by atoms with Gasteiger partial charge in [0, 0.05) is 13.1 Å². The summed E-state index contributed by atoms with van der Waals surface area (Å²) in [6, 6.07) is 20.3. The summed E-state index contributed by atoms with van der Waals surface area (Å²) in [5.74, 6) is 2.47. The maximum atomic E-state index is 2.65. The highest BCUT2D eigenvalue weighted by Crippen LogP contribution is 2.25. The molecular formula is C27H39N. The van der Waals surface area contributed by atoms with E-state index in [0.29, 0.717) is 0 Å². The van der Waals surface area contributed by atoms with E-state index in [1.807, 2.05) is 0 Å². The second-order valence-electron chi connectivity index (χ2n) is 9.39. The van der Waals surface area contributed by atoms with Gasteiger partial charge in [-0.05, 0) is 66.7 Å². The summed E-state index contributed by atoms with van der Waals surface area (Å²) in [5.41, 5.74) is 4.50. The first-order valence-corrected chi connectivity index (χ1v) is 11.4. The number of rotatable bonds is 10. The van der Waals surface area contributed by atoms with Gasteiger partial charge in [0.1, 0.15) is 0 Å². The van der Waals surface area contributed by atoms with Crippen molar-refractivity contribution in [1.82, 2.24) is 4.90 Å². The summed E-state index contributed by atoms with van der Waals surface area (Å²) in [6.07, 6.45) is 7.78. The molecule has 0 spiro atoms. The maximum Gasteiger partial charge on any atom is 0.0233 e. The van der Waals surface area contributed by atoms with Gasteiger partial charge in [-0.2, -0.15) is 0 Å². The van der Waals surface area contributed by atoms with E-state index in [0.717, 1.165) is 24.3 Å². The van der Waals surface area contributed by atoms with Gasteiger partial charge in [-0.15, -0.1) is 0 Å². The van der Waals surface area contributed by atoms with E-state index in [-0.39, 0.29) is 0 Å². The van der Waals surface area contributed by atoms with Crippen molar-refractivity contribution in [3.8, 4) is 0 Å². The molecule has 0 aromatic heterocycles. The number of hydrogen-bond donors (Lipinski definition) is 0. The van der Waals surface area contributed by atoms with Crippen molar-refractivity contribution in [2.24, 2.45) is 17.8 Å². The van der Waals surface area contributed by atoms with Crippen LogP contribution < -0.4 is 0 Å². The van der Waals surface area contributed by atoms with Gasteiger partial charge < -0.3 is 0 Å². The quantitative estimate of drug-likeness (QED) is 0.414. The zero-order valence-corrected chi connectivity index (χ0v) is 18.2. The fourth-order valence-corrected chi connectivity index (χ4v) is 4.63. The minimum atomic E-state index is 0.767. The second kappa shape index (κ2) is 10.8. The van der Waals surface area contributed by atoms with E-state index >= 15 is 0 Å². The Morgan fingerprint density at radius 1 is 0.893 bits per heavy atom. The second-order valence-corrected chi connectivity index (χ2v) is 9.39. The van der Waals surface area contributed by atoms with Gasteiger partial charge in [0.05, 0.1) is 0 Å². The van der Waals surface area contributed by atoms with Gasteiger partial charge in [-0.3, -0.25) is 4.90 Å². The van der Waals surface area contributed by atoms with Crippen LogP contribution in [-0.2, 0) is 19.4 Å². The molecule has 1 nitrogen and oxygen atoms in total. The average molecular weight is 378 g/mol. The van der Waals surface area contributed by atoms with Gasteiger partial charge in [-0.25, -0.2) is 0 Å². The van der Waals surface area contributed by atoms with Crippen LogP contribution in [-0.4, -0.2) is 18.0 Å². The third kappa shape index (κ3) is 6.78. The zero-order chi connectivity index (χ0) is 19.8. The molecule has 1 heterocycles. The SMILES string of the molecule is CC(CCCCc1ccccc1)Cc1cccc(CN2CCC(C(C)C)C2)c1. The first kappa shape index (κ1) is 21.1. The van der Waals surface area contributed by atoms with Crippen molar-refractivity contribution in [2.75, 3.05) is 13.1 Å². The number of nitrogens with zero attached hydrogens (tertiary/aromatic N) is 1. The Bertz CT molecular complexity index is 690. The Morgan fingerprint density at radius 2 is 1.64 bits per heavy atom. The lowest BCUT2D eigenvalue weighted by molar-refractivity contribution is 0.296. The molecule has 1 aliphatic heterocycles. The number of likely N-dealkylation sites (tertiary alicyclic amines) is 1. The topological polar surface area (TPSA) is 3.24 Å². The molecule has 0 aliphatic carbocycles. The van der Waals surface area contributed by atoms with Crippen LogP contribution in [0.25, 0.3) is 0 Å². The van der Waals surface area contributed by atoms with E-state index in [2.05, 4.69) is 80.3 Å². The first-order valence-electron chi connectivity index (χ1n) is 11.4. The van der Waals surface area contributed by atoms with Gasteiger partial charge in [0.15, 0.2) is 0 Å². The van der Waals surface area contributed by atoms with Crippen LogP contribution in [0.4, 0.5) is 0 Å². The highest BCUT2D eigenvalue weighted by molar-refractivity contribution is 5.24. The molecular weight excluding hydrogens is 338 g/mol. The van der Waals surface area contributed by atoms with E-state index in [4.69, 9.17) is 0 Å². The van der Waals surface area contributed by atoms with Crippen LogP contribution in [0.1, 0.15) is 63.1 Å². The van der Waals surface area contributed by atoms with Crippen LogP contribution in [0, 0.1) is 17.8 Å². The Labute approximate surface area is 173 Å². The van der Waals surface area contributed by atoms with Crippen LogP contribution >= 0.6 is 0 Å². The van der Waals surface area contributed by atoms with Crippen molar-refractivity contribution in [2.45, 2.75) is 65.8 Å². The number of unbranched alkanes of at least 4 members (excludes halogenated alkanes) is 1. The molecule has 152 valence electrons. The molecule has 0 saturated carbocycles. The average Bonchev–Trinajstić information content (AvgIpc) is 3.15. The van der Waals surface area contributed by atoms with Crippen LogP contribution in [0.15, 0.2) is 54.6 Å². The summed E-state index contributed by atoms with van der Waals surface area (Å²) < 4.78 is 0. The van der Waals surface area contributed by atoms with Crippen molar-refractivity contribution in [3.05, 3.63) is 71.3 Å². The standard InChI is InChI=1S/C27H39N/c1-22(2)27-16-17-28(21-27)20-26-15-9-14-25(19-26)18-23(3)10-7-8-13-24-11-5-4-6-12-24/h4-6,9,11-12,14-15,19,22-23,27H,7-8,10,13,16-18,20-21H2,1-3H3. The largest absolute Gasteiger partial charge is 0.299 e. The van der Waals surface area contributed by atoms with Gasteiger partial charge >= 0.3 is 0 Å². The van der Waals surface area contributed by atoms with E-state index in [1.54, 1.807) is 0 Å².